The summed E-state index contributed by atoms with van der Waals surface area (Å²) in [6.07, 6.45) is -0.156. The Balaban J connectivity index is 1.81. The Morgan fingerprint density at radius 3 is 1.73 bits per heavy atom. The van der Waals surface area contributed by atoms with Crippen molar-refractivity contribution in [1.82, 2.24) is 0 Å². The molecule has 1 aliphatic heterocycles. The molecule has 170 valence electrons. The minimum absolute atomic E-state index is 0.0164. The van der Waals surface area contributed by atoms with E-state index in [-0.39, 0.29) is 11.5 Å². The fraction of sp³-hybridized carbons (Fsp3) is 0.185. The van der Waals surface area contributed by atoms with Gasteiger partial charge in [-0.1, -0.05) is 97.6 Å². The van der Waals surface area contributed by atoms with Crippen molar-refractivity contribution in [3.8, 4) is 0 Å². The zero-order valence-corrected chi connectivity index (χ0v) is 19.1. The van der Waals surface area contributed by atoms with E-state index in [1.165, 1.54) is 13.2 Å². The van der Waals surface area contributed by atoms with Crippen molar-refractivity contribution in [1.29, 1.82) is 0 Å². The van der Waals surface area contributed by atoms with Crippen LogP contribution in [-0.2, 0) is 29.6 Å². The third-order valence-corrected chi connectivity index (χ3v) is 7.18. The van der Waals surface area contributed by atoms with Gasteiger partial charge in [0.25, 0.3) is 0 Å². The van der Waals surface area contributed by atoms with Crippen molar-refractivity contribution in [3.63, 3.8) is 0 Å². The van der Waals surface area contributed by atoms with Crippen LogP contribution in [0, 0.1) is 0 Å². The fourth-order valence-electron chi connectivity index (χ4n) is 4.10. The van der Waals surface area contributed by atoms with Gasteiger partial charge in [0.2, 0.25) is 0 Å². The molecule has 0 saturated heterocycles. The van der Waals surface area contributed by atoms with Crippen LogP contribution in [0.2, 0.25) is 0 Å². The molecule has 3 aromatic rings. The zero-order chi connectivity index (χ0) is 23.3. The Kier molecular flexibility index (Phi) is 6.91. The standard InChI is InChI=1S/C27H26O5S/c1-3-33(28,29)25-19-26(30-2)32-24(25)20-31-27(21-13-7-4-8-14-21,22-15-9-5-10-16-22)23-17-11-6-12-18-23/h3-19,24,26H,1,20H2,2H3/t24-,26-/m1/s1. The SMILES string of the molecule is C=CS(=O)(=O)C1=C[C@H](OC)O[C@@H]1COC(c1ccccc1)(c1ccccc1)c1ccccc1. The average molecular weight is 463 g/mol. The molecule has 3 aromatic carbocycles. The maximum Gasteiger partial charge on any atom is 0.197 e. The molecule has 0 aromatic heterocycles. The molecule has 0 unspecified atom stereocenters. The first-order valence-electron chi connectivity index (χ1n) is 10.6. The summed E-state index contributed by atoms with van der Waals surface area (Å²) < 4.78 is 43.1. The molecule has 0 aliphatic carbocycles. The third-order valence-electron chi connectivity index (χ3n) is 5.69. The van der Waals surface area contributed by atoms with E-state index in [1.54, 1.807) is 0 Å². The summed E-state index contributed by atoms with van der Waals surface area (Å²) in [7, 11) is -2.25. The molecule has 1 aliphatic rings. The number of methoxy groups -OCH3 is 1. The summed E-state index contributed by atoms with van der Waals surface area (Å²) in [6, 6.07) is 29.6. The molecule has 0 fully saturated rings. The molecule has 0 N–H and O–H groups in total. The summed E-state index contributed by atoms with van der Waals surface area (Å²) in [5, 5.41) is 0.923. The van der Waals surface area contributed by atoms with Gasteiger partial charge < -0.3 is 14.2 Å². The number of ether oxygens (including phenoxy) is 3. The summed E-state index contributed by atoms with van der Waals surface area (Å²) in [5.41, 5.74) is 1.77. The van der Waals surface area contributed by atoms with Gasteiger partial charge in [-0.2, -0.15) is 0 Å². The molecule has 6 heteroatoms. The van der Waals surface area contributed by atoms with Crippen LogP contribution in [0.1, 0.15) is 16.7 Å². The molecular weight excluding hydrogens is 436 g/mol. The van der Waals surface area contributed by atoms with E-state index in [4.69, 9.17) is 14.2 Å². The Morgan fingerprint density at radius 1 is 0.879 bits per heavy atom. The van der Waals surface area contributed by atoms with Crippen LogP contribution in [-0.4, -0.2) is 34.5 Å². The molecule has 0 radical (unpaired) electrons. The van der Waals surface area contributed by atoms with E-state index in [0.717, 1.165) is 22.1 Å². The Hall–Kier alpha value is -3.03. The molecule has 33 heavy (non-hydrogen) atoms. The van der Waals surface area contributed by atoms with Gasteiger partial charge in [-0.15, -0.1) is 0 Å². The molecule has 0 spiro atoms. The minimum atomic E-state index is -3.71. The van der Waals surface area contributed by atoms with E-state index in [1.807, 2.05) is 91.0 Å². The van der Waals surface area contributed by atoms with Crippen LogP contribution in [0.25, 0.3) is 0 Å². The predicted molar refractivity (Wildman–Crippen MR) is 128 cm³/mol. The Labute approximate surface area is 194 Å². The maximum atomic E-state index is 12.6. The van der Waals surface area contributed by atoms with Gasteiger partial charge in [0.15, 0.2) is 16.1 Å². The number of rotatable bonds is 9. The first-order chi connectivity index (χ1) is 16.0. The molecule has 4 rings (SSSR count). The van der Waals surface area contributed by atoms with Crippen LogP contribution in [0.4, 0.5) is 0 Å². The van der Waals surface area contributed by atoms with E-state index >= 15 is 0 Å². The molecule has 2 atom stereocenters. The molecule has 1 heterocycles. The van der Waals surface area contributed by atoms with Crippen molar-refractivity contribution >= 4 is 9.84 Å². The first-order valence-corrected chi connectivity index (χ1v) is 12.1. The van der Waals surface area contributed by atoms with Crippen molar-refractivity contribution < 1.29 is 22.6 Å². The molecule has 0 amide bonds. The number of hydrogen-bond donors (Lipinski definition) is 0. The lowest BCUT2D eigenvalue weighted by atomic mass is 9.80. The highest BCUT2D eigenvalue weighted by molar-refractivity contribution is 7.98. The maximum absolute atomic E-state index is 12.6. The van der Waals surface area contributed by atoms with Gasteiger partial charge >= 0.3 is 0 Å². The van der Waals surface area contributed by atoms with Crippen molar-refractivity contribution in [2.45, 2.75) is 18.0 Å². The number of hydrogen-bond acceptors (Lipinski definition) is 5. The van der Waals surface area contributed by atoms with E-state index in [9.17, 15) is 8.42 Å². The smallest absolute Gasteiger partial charge is 0.197 e. The van der Waals surface area contributed by atoms with Gasteiger partial charge in [-0.25, -0.2) is 8.42 Å². The molecular formula is C27H26O5S. The van der Waals surface area contributed by atoms with Crippen molar-refractivity contribution in [3.05, 3.63) is 131 Å². The summed E-state index contributed by atoms with van der Waals surface area (Å²) >= 11 is 0. The second-order valence-electron chi connectivity index (χ2n) is 7.60. The second kappa shape index (κ2) is 9.85. The first kappa shape index (κ1) is 23.1. The molecule has 5 nitrogen and oxygen atoms in total. The topological polar surface area (TPSA) is 61.8 Å². The Morgan fingerprint density at radius 2 is 1.33 bits per heavy atom. The largest absolute Gasteiger partial charge is 0.358 e. The highest BCUT2D eigenvalue weighted by atomic mass is 32.2. The van der Waals surface area contributed by atoms with Crippen LogP contribution in [0.15, 0.2) is 114 Å². The number of benzene rings is 3. The fourth-order valence-corrected chi connectivity index (χ4v) is 5.08. The van der Waals surface area contributed by atoms with Crippen LogP contribution in [0.5, 0.6) is 0 Å². The zero-order valence-electron chi connectivity index (χ0n) is 18.3. The predicted octanol–water partition coefficient (Wildman–Crippen LogP) is 4.81. The van der Waals surface area contributed by atoms with E-state index in [2.05, 4.69) is 6.58 Å². The lowest BCUT2D eigenvalue weighted by molar-refractivity contribution is -0.127. The van der Waals surface area contributed by atoms with Gasteiger partial charge in [-0.05, 0) is 22.8 Å². The normalized spacial score (nSPS) is 18.6. The summed E-state index contributed by atoms with van der Waals surface area (Å²) in [4.78, 5) is 0.0902. The highest BCUT2D eigenvalue weighted by Crippen LogP contribution is 2.41. The van der Waals surface area contributed by atoms with Crippen LogP contribution < -0.4 is 0 Å². The van der Waals surface area contributed by atoms with Gasteiger partial charge in [0.1, 0.15) is 11.7 Å². The van der Waals surface area contributed by atoms with Crippen molar-refractivity contribution in [2.75, 3.05) is 13.7 Å². The summed E-state index contributed by atoms with van der Waals surface area (Å²) in [6.45, 7) is 3.43. The quantitative estimate of drug-likeness (QED) is 0.427. The molecule has 0 saturated carbocycles. The highest BCUT2D eigenvalue weighted by Gasteiger charge is 2.41. The lowest BCUT2D eigenvalue weighted by Crippen LogP contribution is -2.37. The number of sulfone groups is 1. The third kappa shape index (κ3) is 4.56. The minimum Gasteiger partial charge on any atom is -0.358 e. The Bertz CT molecular complexity index is 1110. The van der Waals surface area contributed by atoms with E-state index < -0.39 is 27.8 Å². The van der Waals surface area contributed by atoms with Crippen molar-refractivity contribution in [2.24, 2.45) is 0 Å². The van der Waals surface area contributed by atoms with Gasteiger partial charge in [0, 0.05) is 12.5 Å². The summed E-state index contributed by atoms with van der Waals surface area (Å²) in [5.74, 6) is 0. The van der Waals surface area contributed by atoms with Gasteiger partial charge in [0.05, 0.1) is 11.5 Å². The second-order valence-corrected chi connectivity index (χ2v) is 9.49. The average Bonchev–Trinajstić information content (AvgIpc) is 3.31. The van der Waals surface area contributed by atoms with Gasteiger partial charge in [-0.3, -0.25) is 0 Å². The lowest BCUT2D eigenvalue weighted by Gasteiger charge is -2.37. The van der Waals surface area contributed by atoms with Crippen LogP contribution >= 0.6 is 0 Å². The van der Waals surface area contributed by atoms with E-state index in [0.29, 0.717) is 0 Å². The monoisotopic (exact) mass is 462 g/mol. The molecule has 0 bridgehead atoms. The van der Waals surface area contributed by atoms with Crippen LogP contribution in [0.3, 0.4) is 0 Å².